The number of aromatic nitrogens is 1. The molecule has 24 heavy (non-hydrogen) atoms. The molecule has 1 saturated heterocycles. The van der Waals surface area contributed by atoms with Crippen LogP contribution in [0.2, 0.25) is 10.0 Å². The number of carbonyl (C=O) groups is 1. The van der Waals surface area contributed by atoms with Crippen LogP contribution in [0.3, 0.4) is 0 Å². The smallest absolute Gasteiger partial charge is 0.255 e. The van der Waals surface area contributed by atoms with Gasteiger partial charge in [-0.3, -0.25) is 9.78 Å². The monoisotopic (exact) mass is 363 g/mol. The van der Waals surface area contributed by atoms with Gasteiger partial charge in [0, 0.05) is 42.1 Å². The second-order valence-electron chi connectivity index (χ2n) is 5.87. The Morgan fingerprint density at radius 2 is 1.96 bits per heavy atom. The van der Waals surface area contributed by atoms with Crippen molar-refractivity contribution in [3.63, 3.8) is 0 Å². The molecule has 1 amide bonds. The van der Waals surface area contributed by atoms with Crippen molar-refractivity contribution >= 4 is 34.8 Å². The Morgan fingerprint density at radius 3 is 2.71 bits per heavy atom. The molecule has 2 heterocycles. The molecule has 1 N–H and O–H groups in total. The zero-order chi connectivity index (χ0) is 16.9. The van der Waals surface area contributed by atoms with E-state index in [0.29, 0.717) is 22.2 Å². The number of halogens is 2. The molecule has 1 aliphatic heterocycles. The van der Waals surface area contributed by atoms with E-state index in [1.54, 1.807) is 18.5 Å². The zero-order valence-corrected chi connectivity index (χ0v) is 14.8. The van der Waals surface area contributed by atoms with Crippen molar-refractivity contribution in [1.29, 1.82) is 0 Å². The fraction of sp³-hybridized carbons (Fsp3) is 0.333. The lowest BCUT2D eigenvalue weighted by Gasteiger charge is -2.15. The Balaban J connectivity index is 1.59. The number of benzene rings is 1. The first-order chi connectivity index (χ1) is 11.6. The van der Waals surface area contributed by atoms with Crippen LogP contribution in [0, 0.1) is 0 Å². The number of hydrogen-bond acceptors (Lipinski definition) is 3. The van der Waals surface area contributed by atoms with Gasteiger partial charge in [0.15, 0.2) is 0 Å². The van der Waals surface area contributed by atoms with E-state index in [1.807, 2.05) is 23.1 Å². The summed E-state index contributed by atoms with van der Waals surface area (Å²) in [6, 6.07) is 7.37. The van der Waals surface area contributed by atoms with E-state index in [2.05, 4.69) is 10.3 Å². The number of rotatable bonds is 5. The Kier molecular flexibility index (Phi) is 5.59. The van der Waals surface area contributed by atoms with Crippen LogP contribution in [0.15, 0.2) is 36.7 Å². The molecular weight excluding hydrogens is 345 g/mol. The number of likely N-dealkylation sites (tertiary alicyclic amines) is 1. The molecule has 2 aromatic rings. The molecule has 4 nitrogen and oxygen atoms in total. The van der Waals surface area contributed by atoms with Crippen molar-refractivity contribution in [3.05, 3.63) is 57.8 Å². The number of amides is 1. The minimum absolute atomic E-state index is 0.0596. The van der Waals surface area contributed by atoms with Crippen molar-refractivity contribution in [2.24, 2.45) is 0 Å². The van der Waals surface area contributed by atoms with Gasteiger partial charge in [-0.25, -0.2) is 0 Å². The first-order valence-corrected chi connectivity index (χ1v) is 8.81. The Labute approximate surface area is 151 Å². The highest BCUT2D eigenvalue weighted by Crippen LogP contribution is 2.21. The molecule has 1 aromatic heterocycles. The number of pyridine rings is 1. The summed E-state index contributed by atoms with van der Waals surface area (Å²) in [5.41, 5.74) is 2.50. The van der Waals surface area contributed by atoms with Gasteiger partial charge in [-0.05, 0) is 43.0 Å². The van der Waals surface area contributed by atoms with Crippen molar-refractivity contribution in [3.8, 4) is 0 Å². The van der Waals surface area contributed by atoms with Crippen LogP contribution in [0.5, 0.6) is 0 Å². The predicted molar refractivity (Wildman–Crippen MR) is 98.0 cm³/mol. The van der Waals surface area contributed by atoms with Crippen LogP contribution in [0.1, 0.15) is 28.8 Å². The van der Waals surface area contributed by atoms with Gasteiger partial charge in [0.25, 0.3) is 5.91 Å². The molecule has 0 unspecified atom stereocenters. The Bertz CT molecular complexity index is 730. The lowest BCUT2D eigenvalue weighted by atomic mass is 10.1. The predicted octanol–water partition coefficient (Wildman–Crippen LogP) is 4.28. The van der Waals surface area contributed by atoms with Gasteiger partial charge in [-0.1, -0.05) is 29.3 Å². The van der Waals surface area contributed by atoms with Crippen LogP contribution in [0.4, 0.5) is 5.69 Å². The van der Waals surface area contributed by atoms with Gasteiger partial charge >= 0.3 is 0 Å². The molecule has 0 aliphatic carbocycles. The summed E-state index contributed by atoms with van der Waals surface area (Å²) in [6.07, 6.45) is 6.28. The van der Waals surface area contributed by atoms with Gasteiger partial charge < -0.3 is 10.2 Å². The molecule has 0 saturated carbocycles. The van der Waals surface area contributed by atoms with Crippen LogP contribution in [-0.4, -0.2) is 35.4 Å². The van der Waals surface area contributed by atoms with Gasteiger partial charge in [-0.2, -0.15) is 0 Å². The maximum atomic E-state index is 12.4. The van der Waals surface area contributed by atoms with Crippen LogP contribution < -0.4 is 5.32 Å². The second-order valence-corrected chi connectivity index (χ2v) is 6.72. The molecular formula is C18H19Cl2N3O. The molecule has 6 heteroatoms. The summed E-state index contributed by atoms with van der Waals surface area (Å²) in [4.78, 5) is 18.5. The number of hydrogen-bond donors (Lipinski definition) is 1. The molecule has 1 fully saturated rings. The molecule has 3 rings (SSSR count). The van der Waals surface area contributed by atoms with Gasteiger partial charge in [0.05, 0.1) is 11.3 Å². The summed E-state index contributed by atoms with van der Waals surface area (Å²) in [5.74, 6) is 0.0596. The lowest BCUT2D eigenvalue weighted by Crippen LogP contribution is -2.27. The van der Waals surface area contributed by atoms with Gasteiger partial charge in [-0.15, -0.1) is 0 Å². The van der Waals surface area contributed by atoms with Crippen molar-refractivity contribution in [2.45, 2.75) is 19.3 Å². The van der Waals surface area contributed by atoms with Crippen molar-refractivity contribution in [1.82, 2.24) is 9.88 Å². The molecule has 0 spiro atoms. The lowest BCUT2D eigenvalue weighted by molar-refractivity contribution is 0.0792. The minimum Gasteiger partial charge on any atom is -0.383 e. The van der Waals surface area contributed by atoms with E-state index >= 15 is 0 Å². The second kappa shape index (κ2) is 7.86. The average Bonchev–Trinajstić information content (AvgIpc) is 3.11. The highest BCUT2D eigenvalue weighted by Gasteiger charge is 2.19. The molecule has 0 radical (unpaired) electrons. The fourth-order valence-corrected chi connectivity index (χ4v) is 3.33. The van der Waals surface area contributed by atoms with Gasteiger partial charge in [0.2, 0.25) is 0 Å². The van der Waals surface area contributed by atoms with Crippen molar-refractivity contribution < 1.29 is 4.79 Å². The molecule has 1 aromatic carbocycles. The van der Waals surface area contributed by atoms with E-state index in [1.165, 1.54) is 0 Å². The molecule has 0 atom stereocenters. The number of nitrogens with one attached hydrogen (secondary N) is 1. The fourth-order valence-electron chi connectivity index (χ4n) is 2.82. The van der Waals surface area contributed by atoms with Crippen LogP contribution >= 0.6 is 23.2 Å². The molecule has 1 aliphatic rings. The van der Waals surface area contributed by atoms with Crippen molar-refractivity contribution in [2.75, 3.05) is 25.0 Å². The summed E-state index contributed by atoms with van der Waals surface area (Å²) < 4.78 is 0. The van der Waals surface area contributed by atoms with E-state index in [0.717, 1.165) is 43.6 Å². The number of anilines is 1. The third-order valence-corrected chi connectivity index (χ3v) is 4.70. The standard InChI is InChI=1S/C18H19Cl2N3O/c19-15-4-3-13(17(20)10-15)5-6-22-16-9-14(11-21-12-16)18(24)23-7-1-2-8-23/h3-4,9-12,22H,1-2,5-8H2. The first-order valence-electron chi connectivity index (χ1n) is 8.05. The Hall–Kier alpha value is -1.78. The highest BCUT2D eigenvalue weighted by atomic mass is 35.5. The van der Waals surface area contributed by atoms with E-state index in [9.17, 15) is 4.79 Å². The largest absolute Gasteiger partial charge is 0.383 e. The Morgan fingerprint density at radius 1 is 1.17 bits per heavy atom. The molecule has 0 bridgehead atoms. The summed E-state index contributed by atoms with van der Waals surface area (Å²) in [6.45, 7) is 2.38. The summed E-state index contributed by atoms with van der Waals surface area (Å²) >= 11 is 12.1. The maximum Gasteiger partial charge on any atom is 0.255 e. The third-order valence-electron chi connectivity index (χ3n) is 4.12. The molecule has 126 valence electrons. The maximum absolute atomic E-state index is 12.4. The van der Waals surface area contributed by atoms with Crippen LogP contribution in [-0.2, 0) is 6.42 Å². The van der Waals surface area contributed by atoms with E-state index in [-0.39, 0.29) is 5.91 Å². The topological polar surface area (TPSA) is 45.2 Å². The highest BCUT2D eigenvalue weighted by molar-refractivity contribution is 6.35. The first kappa shape index (κ1) is 17.1. The van der Waals surface area contributed by atoms with E-state index in [4.69, 9.17) is 23.2 Å². The number of carbonyl (C=O) groups excluding carboxylic acids is 1. The van der Waals surface area contributed by atoms with E-state index < -0.39 is 0 Å². The SMILES string of the molecule is O=C(c1cncc(NCCc2ccc(Cl)cc2Cl)c1)N1CCCC1. The number of nitrogens with zero attached hydrogens (tertiary/aromatic N) is 2. The normalized spacial score (nSPS) is 14.0. The average molecular weight is 364 g/mol. The summed E-state index contributed by atoms with van der Waals surface area (Å²) in [7, 11) is 0. The minimum atomic E-state index is 0.0596. The third kappa shape index (κ3) is 4.19. The van der Waals surface area contributed by atoms with Crippen LogP contribution in [0.25, 0.3) is 0 Å². The summed E-state index contributed by atoms with van der Waals surface area (Å²) in [5, 5.41) is 4.60. The zero-order valence-electron chi connectivity index (χ0n) is 13.3. The van der Waals surface area contributed by atoms with Gasteiger partial charge in [0.1, 0.15) is 0 Å². The quantitative estimate of drug-likeness (QED) is 0.861.